The second-order valence-corrected chi connectivity index (χ2v) is 8.40. The third kappa shape index (κ3) is 3.81. The summed E-state index contributed by atoms with van der Waals surface area (Å²) in [5.74, 6) is -1.96. The van der Waals surface area contributed by atoms with Crippen molar-refractivity contribution in [3.8, 4) is 0 Å². The van der Waals surface area contributed by atoms with Gasteiger partial charge in [-0.05, 0) is 68.0 Å². The van der Waals surface area contributed by atoms with E-state index in [9.17, 15) is 23.1 Å². The zero-order valence-corrected chi connectivity index (χ0v) is 16.3. The van der Waals surface area contributed by atoms with Gasteiger partial charge in [-0.3, -0.25) is 4.79 Å². The molecule has 2 aromatic rings. The monoisotopic (exact) mass is 401 g/mol. The summed E-state index contributed by atoms with van der Waals surface area (Å²) in [6.07, 6.45) is 4.75. The van der Waals surface area contributed by atoms with E-state index in [0.717, 1.165) is 25.0 Å². The number of aliphatic hydroxyl groups is 1. The Morgan fingerprint density at radius 2 is 1.76 bits per heavy atom. The quantitative estimate of drug-likeness (QED) is 0.733. The molecule has 0 radical (unpaired) electrons. The number of nitrogens with zero attached hydrogens (tertiary/aromatic N) is 1. The summed E-state index contributed by atoms with van der Waals surface area (Å²) in [5.41, 5.74) is 0.301. The van der Waals surface area contributed by atoms with Crippen LogP contribution in [0.3, 0.4) is 0 Å². The molecule has 1 aliphatic heterocycles. The number of benzene rings is 2. The second kappa shape index (κ2) is 7.02. The molecular formula is C23H22F3NO2. The van der Waals surface area contributed by atoms with Crippen LogP contribution in [0.5, 0.6) is 0 Å². The Bertz CT molecular complexity index is 1010. The van der Waals surface area contributed by atoms with E-state index in [-0.39, 0.29) is 30.0 Å². The molecule has 3 nitrogen and oxygen atoms in total. The third-order valence-electron chi connectivity index (χ3n) is 5.56. The van der Waals surface area contributed by atoms with Gasteiger partial charge in [0, 0.05) is 18.2 Å². The Morgan fingerprint density at radius 1 is 1.07 bits per heavy atom. The van der Waals surface area contributed by atoms with Crippen LogP contribution < -0.4 is 0 Å². The van der Waals surface area contributed by atoms with Crippen molar-refractivity contribution < 1.29 is 23.1 Å². The molecule has 1 saturated carbocycles. The molecule has 1 N–H and O–H groups in total. The summed E-state index contributed by atoms with van der Waals surface area (Å²) in [7, 11) is 0. The lowest BCUT2D eigenvalue weighted by molar-refractivity contribution is -0.0224. The number of amides is 1. The molecule has 0 aromatic heterocycles. The molecule has 1 atom stereocenters. The average molecular weight is 401 g/mol. The predicted octanol–water partition coefficient (Wildman–Crippen LogP) is 4.78. The molecule has 6 heteroatoms. The molecule has 1 fully saturated rings. The van der Waals surface area contributed by atoms with Crippen LogP contribution in [0.1, 0.15) is 53.7 Å². The number of carbonyl (C=O) groups is 1. The summed E-state index contributed by atoms with van der Waals surface area (Å²) in [5, 5.41) is 10.6. The summed E-state index contributed by atoms with van der Waals surface area (Å²) >= 11 is 0. The minimum absolute atomic E-state index is 0.138. The van der Waals surface area contributed by atoms with Crippen LogP contribution in [-0.2, 0) is 6.54 Å². The van der Waals surface area contributed by atoms with Crippen LogP contribution in [0.4, 0.5) is 13.2 Å². The maximum atomic E-state index is 14.2. The number of halogens is 3. The lowest BCUT2D eigenvalue weighted by Crippen LogP contribution is -2.51. The van der Waals surface area contributed by atoms with Gasteiger partial charge in [0.2, 0.25) is 0 Å². The minimum Gasteiger partial charge on any atom is -0.388 e. The van der Waals surface area contributed by atoms with E-state index in [1.165, 1.54) is 30.4 Å². The van der Waals surface area contributed by atoms with Gasteiger partial charge in [-0.2, -0.15) is 0 Å². The first-order valence-electron chi connectivity index (χ1n) is 9.64. The van der Waals surface area contributed by atoms with Gasteiger partial charge in [0.1, 0.15) is 17.5 Å². The Hall–Kier alpha value is -2.60. The molecule has 1 unspecified atom stereocenters. The zero-order chi connectivity index (χ0) is 20.9. The highest BCUT2D eigenvalue weighted by atomic mass is 19.1. The van der Waals surface area contributed by atoms with Crippen molar-refractivity contribution in [3.05, 3.63) is 70.0 Å². The smallest absolute Gasteiger partial charge is 0.255 e. The van der Waals surface area contributed by atoms with Crippen molar-refractivity contribution in [2.75, 3.05) is 0 Å². The maximum Gasteiger partial charge on any atom is 0.255 e. The number of rotatable bonds is 5. The van der Waals surface area contributed by atoms with Gasteiger partial charge >= 0.3 is 0 Å². The molecule has 1 heterocycles. The fraction of sp³-hybridized carbons (Fsp3) is 0.348. The average Bonchev–Trinajstić information content (AvgIpc) is 3.37. The molecular weight excluding hydrogens is 379 g/mol. The van der Waals surface area contributed by atoms with E-state index < -0.39 is 23.1 Å². The molecule has 152 valence electrons. The van der Waals surface area contributed by atoms with E-state index in [0.29, 0.717) is 16.7 Å². The minimum atomic E-state index is -1.08. The van der Waals surface area contributed by atoms with Crippen molar-refractivity contribution >= 4 is 18.1 Å². The van der Waals surface area contributed by atoms with E-state index in [2.05, 4.69) is 0 Å². The number of hydrogen-bond donors (Lipinski definition) is 1. The van der Waals surface area contributed by atoms with Crippen LogP contribution in [0.25, 0.3) is 12.2 Å². The fourth-order valence-corrected chi connectivity index (χ4v) is 4.27. The summed E-state index contributed by atoms with van der Waals surface area (Å²) in [6.45, 7) is 3.60. The first-order chi connectivity index (χ1) is 13.6. The Morgan fingerprint density at radius 3 is 2.38 bits per heavy atom. The molecule has 0 spiro atoms. The molecule has 0 saturated heterocycles. The predicted molar refractivity (Wildman–Crippen MR) is 104 cm³/mol. The van der Waals surface area contributed by atoms with Gasteiger partial charge < -0.3 is 10.0 Å². The largest absolute Gasteiger partial charge is 0.388 e. The van der Waals surface area contributed by atoms with Crippen molar-refractivity contribution in [3.63, 3.8) is 0 Å². The highest BCUT2D eigenvalue weighted by molar-refractivity contribution is 6.02. The van der Waals surface area contributed by atoms with E-state index in [4.69, 9.17) is 0 Å². The number of hydrogen-bond acceptors (Lipinski definition) is 2. The first-order valence-corrected chi connectivity index (χ1v) is 9.64. The molecule has 1 aliphatic carbocycles. The number of carbonyl (C=O) groups excluding carboxylic acids is 1. The normalized spacial score (nSPS) is 17.9. The molecule has 2 aliphatic rings. The highest BCUT2D eigenvalue weighted by Crippen LogP contribution is 2.43. The van der Waals surface area contributed by atoms with Crippen LogP contribution in [-0.4, -0.2) is 27.6 Å². The van der Waals surface area contributed by atoms with Crippen molar-refractivity contribution in [1.29, 1.82) is 0 Å². The van der Waals surface area contributed by atoms with E-state index in [1.54, 1.807) is 18.7 Å². The number of fused-ring (bicyclic) bond motifs is 1. The van der Waals surface area contributed by atoms with Crippen molar-refractivity contribution in [2.45, 2.75) is 44.9 Å². The van der Waals surface area contributed by atoms with Gasteiger partial charge in [-0.15, -0.1) is 0 Å². The van der Waals surface area contributed by atoms with Crippen LogP contribution >= 0.6 is 0 Å². The highest BCUT2D eigenvalue weighted by Gasteiger charge is 2.48. The van der Waals surface area contributed by atoms with Crippen molar-refractivity contribution in [2.24, 2.45) is 5.92 Å². The lowest BCUT2D eigenvalue weighted by atomic mass is 9.93. The SMILES string of the molecule is CC(C)(O)C(C1CC1)N1Cc2cc(F)cc(/C=C/c3ccc(F)cc3F)c2C1=O. The fourth-order valence-electron chi connectivity index (χ4n) is 4.27. The van der Waals surface area contributed by atoms with Crippen molar-refractivity contribution in [1.82, 2.24) is 4.90 Å². The Kier molecular flexibility index (Phi) is 4.77. The topological polar surface area (TPSA) is 40.5 Å². The molecule has 4 rings (SSSR count). The summed E-state index contributed by atoms with van der Waals surface area (Å²) in [4.78, 5) is 14.8. The van der Waals surface area contributed by atoms with E-state index in [1.807, 2.05) is 0 Å². The van der Waals surface area contributed by atoms with Gasteiger partial charge in [0.15, 0.2) is 0 Å². The third-order valence-corrected chi connectivity index (χ3v) is 5.56. The van der Waals surface area contributed by atoms with E-state index >= 15 is 0 Å². The zero-order valence-electron chi connectivity index (χ0n) is 16.3. The molecule has 2 aromatic carbocycles. The molecule has 29 heavy (non-hydrogen) atoms. The van der Waals surface area contributed by atoms with Crippen LogP contribution in [0, 0.1) is 23.4 Å². The van der Waals surface area contributed by atoms with Crippen LogP contribution in [0.2, 0.25) is 0 Å². The van der Waals surface area contributed by atoms with Gasteiger partial charge in [-0.25, -0.2) is 13.2 Å². The second-order valence-electron chi connectivity index (χ2n) is 8.40. The lowest BCUT2D eigenvalue weighted by Gasteiger charge is -2.37. The standard InChI is InChI=1S/C23H22F3NO2/c1-23(2,29)21(14-4-5-14)27-12-16-10-18(25)9-15(20(16)22(27)28)6-3-13-7-8-17(24)11-19(13)26/h3,6-11,14,21,29H,4-5,12H2,1-2H3/b6-3+. The van der Waals surface area contributed by atoms with Crippen LogP contribution in [0.15, 0.2) is 30.3 Å². The Labute approximate surface area is 167 Å². The molecule has 1 amide bonds. The summed E-state index contributed by atoms with van der Waals surface area (Å²) in [6, 6.07) is 5.40. The Balaban J connectivity index is 1.70. The summed E-state index contributed by atoms with van der Waals surface area (Å²) < 4.78 is 41.2. The van der Waals surface area contributed by atoms with Gasteiger partial charge in [-0.1, -0.05) is 12.2 Å². The molecule has 0 bridgehead atoms. The van der Waals surface area contributed by atoms with Gasteiger partial charge in [0.05, 0.1) is 17.2 Å². The first kappa shape index (κ1) is 19.7. The van der Waals surface area contributed by atoms with Gasteiger partial charge in [0.25, 0.3) is 5.91 Å². The maximum absolute atomic E-state index is 14.2.